The minimum atomic E-state index is -0.650. The molecule has 1 rings (SSSR count). The van der Waals surface area contributed by atoms with Gasteiger partial charge in [0.05, 0.1) is 10.6 Å². The number of carbonyl (C=O) groups is 1. The molecule has 7 nitrogen and oxygen atoms in total. The first-order valence-corrected chi connectivity index (χ1v) is 6.25. The second kappa shape index (κ2) is 6.23. The molecule has 0 bridgehead atoms. The molecule has 1 aromatic carbocycles. The average Bonchev–Trinajstić information content (AvgIpc) is 2.28. The van der Waals surface area contributed by atoms with Crippen LogP contribution in [0.15, 0.2) is 18.2 Å². The van der Waals surface area contributed by atoms with Crippen molar-refractivity contribution >= 4 is 23.2 Å². The summed E-state index contributed by atoms with van der Waals surface area (Å²) in [5.41, 5.74) is -0.0000422. The van der Waals surface area contributed by atoms with E-state index in [0.717, 1.165) is 0 Å². The monoisotopic (exact) mass is 281 g/mol. The van der Waals surface area contributed by atoms with Gasteiger partial charge in [0.1, 0.15) is 11.3 Å². The van der Waals surface area contributed by atoms with Crippen molar-refractivity contribution in [2.75, 3.05) is 17.2 Å². The molecule has 0 aromatic heterocycles. The number of nitrogens with zero attached hydrogens (tertiary/aromatic N) is 1. The lowest BCUT2D eigenvalue weighted by molar-refractivity contribution is -0.383. The Morgan fingerprint density at radius 2 is 2.05 bits per heavy atom. The van der Waals surface area contributed by atoms with Crippen LogP contribution in [0.2, 0.25) is 0 Å². The standard InChI is InChI=1S/C13H19N3O4/c1-5-14-10-7-6-9(8-11(10)16(18)19)15-12(17)20-13(2,3)4/h6-8,14H,5H2,1-4H3,(H,15,17). The van der Waals surface area contributed by atoms with Crippen molar-refractivity contribution in [3.63, 3.8) is 0 Å². The van der Waals surface area contributed by atoms with Gasteiger partial charge in [0.15, 0.2) is 0 Å². The summed E-state index contributed by atoms with van der Waals surface area (Å²) in [6, 6.07) is 4.42. The van der Waals surface area contributed by atoms with Gasteiger partial charge >= 0.3 is 6.09 Å². The fourth-order valence-corrected chi connectivity index (χ4v) is 1.52. The van der Waals surface area contributed by atoms with Gasteiger partial charge < -0.3 is 10.1 Å². The van der Waals surface area contributed by atoms with Gasteiger partial charge in [0.2, 0.25) is 0 Å². The quantitative estimate of drug-likeness (QED) is 0.651. The number of nitro benzene ring substituents is 1. The van der Waals surface area contributed by atoms with E-state index in [4.69, 9.17) is 4.74 Å². The summed E-state index contributed by atoms with van der Waals surface area (Å²) >= 11 is 0. The Kier molecular flexibility index (Phi) is 4.90. The second-order valence-electron chi connectivity index (χ2n) is 5.15. The zero-order valence-corrected chi connectivity index (χ0v) is 12.0. The van der Waals surface area contributed by atoms with Crippen LogP contribution in [0.5, 0.6) is 0 Å². The molecule has 20 heavy (non-hydrogen) atoms. The third kappa shape index (κ3) is 4.75. The highest BCUT2D eigenvalue weighted by Crippen LogP contribution is 2.28. The van der Waals surface area contributed by atoms with Gasteiger partial charge in [-0.3, -0.25) is 15.4 Å². The lowest BCUT2D eigenvalue weighted by Gasteiger charge is -2.19. The van der Waals surface area contributed by atoms with E-state index in [0.29, 0.717) is 17.9 Å². The summed E-state index contributed by atoms with van der Waals surface area (Å²) in [5, 5.41) is 16.3. The highest BCUT2D eigenvalue weighted by molar-refractivity contribution is 5.86. The zero-order valence-electron chi connectivity index (χ0n) is 12.0. The van der Waals surface area contributed by atoms with E-state index < -0.39 is 16.6 Å². The molecule has 2 N–H and O–H groups in total. The molecule has 0 aliphatic carbocycles. The highest BCUT2D eigenvalue weighted by Gasteiger charge is 2.18. The number of hydrogen-bond donors (Lipinski definition) is 2. The van der Waals surface area contributed by atoms with E-state index in [1.54, 1.807) is 32.9 Å². The first-order chi connectivity index (χ1) is 9.23. The minimum absolute atomic E-state index is 0.0968. The molecule has 110 valence electrons. The average molecular weight is 281 g/mol. The first-order valence-electron chi connectivity index (χ1n) is 6.25. The zero-order chi connectivity index (χ0) is 15.3. The number of carbonyl (C=O) groups excluding carboxylic acids is 1. The van der Waals surface area contributed by atoms with Crippen molar-refractivity contribution in [3.8, 4) is 0 Å². The largest absolute Gasteiger partial charge is 0.444 e. The van der Waals surface area contributed by atoms with Crippen molar-refractivity contribution < 1.29 is 14.5 Å². The fraction of sp³-hybridized carbons (Fsp3) is 0.462. The normalized spacial score (nSPS) is 10.8. The maximum atomic E-state index is 11.6. The van der Waals surface area contributed by atoms with Crippen LogP contribution in [0, 0.1) is 10.1 Å². The summed E-state index contributed by atoms with van der Waals surface area (Å²) in [5.74, 6) is 0. The van der Waals surface area contributed by atoms with Crippen LogP contribution < -0.4 is 10.6 Å². The predicted octanol–water partition coefficient (Wildman–Crippen LogP) is 3.37. The van der Waals surface area contributed by atoms with Crippen molar-refractivity contribution in [1.82, 2.24) is 0 Å². The van der Waals surface area contributed by atoms with Gasteiger partial charge in [-0.05, 0) is 39.8 Å². The molecule has 0 atom stereocenters. The second-order valence-corrected chi connectivity index (χ2v) is 5.15. The van der Waals surface area contributed by atoms with Crippen LogP contribution in [0.3, 0.4) is 0 Å². The Labute approximate surface area is 117 Å². The molecular weight excluding hydrogens is 262 g/mol. The van der Waals surface area contributed by atoms with Crippen molar-refractivity contribution in [1.29, 1.82) is 0 Å². The van der Waals surface area contributed by atoms with Crippen molar-refractivity contribution in [2.45, 2.75) is 33.3 Å². The molecule has 1 aromatic rings. The van der Waals surface area contributed by atoms with E-state index in [2.05, 4.69) is 10.6 Å². The molecule has 0 heterocycles. The van der Waals surface area contributed by atoms with E-state index in [1.807, 2.05) is 6.92 Å². The maximum absolute atomic E-state index is 11.6. The number of nitrogens with one attached hydrogen (secondary N) is 2. The number of benzene rings is 1. The SMILES string of the molecule is CCNc1ccc(NC(=O)OC(C)(C)C)cc1[N+](=O)[O-]. The van der Waals surface area contributed by atoms with Gasteiger partial charge in [0.25, 0.3) is 5.69 Å². The highest BCUT2D eigenvalue weighted by atomic mass is 16.6. The maximum Gasteiger partial charge on any atom is 0.412 e. The molecule has 0 unspecified atom stereocenters. The van der Waals surface area contributed by atoms with Gasteiger partial charge in [-0.1, -0.05) is 0 Å². The van der Waals surface area contributed by atoms with Gasteiger partial charge in [-0.25, -0.2) is 4.79 Å². The lowest BCUT2D eigenvalue weighted by Crippen LogP contribution is -2.27. The fourth-order valence-electron chi connectivity index (χ4n) is 1.52. The van der Waals surface area contributed by atoms with E-state index in [-0.39, 0.29) is 5.69 Å². The summed E-state index contributed by atoms with van der Waals surface area (Å²) in [6.07, 6.45) is -0.650. The van der Waals surface area contributed by atoms with Gasteiger partial charge in [0, 0.05) is 12.6 Å². The predicted molar refractivity (Wildman–Crippen MR) is 77.1 cm³/mol. The molecule has 0 saturated heterocycles. The van der Waals surface area contributed by atoms with Crippen LogP contribution >= 0.6 is 0 Å². The molecule has 0 fully saturated rings. The summed E-state index contributed by atoms with van der Waals surface area (Å²) in [6.45, 7) is 7.63. The Morgan fingerprint density at radius 3 is 2.55 bits per heavy atom. The lowest BCUT2D eigenvalue weighted by atomic mass is 10.2. The van der Waals surface area contributed by atoms with Gasteiger partial charge in [-0.15, -0.1) is 0 Å². The third-order valence-corrected chi connectivity index (χ3v) is 2.21. The number of amides is 1. The van der Waals surface area contributed by atoms with Crippen LogP contribution in [0.4, 0.5) is 21.9 Å². The number of rotatable bonds is 4. The molecule has 0 saturated carbocycles. The summed E-state index contributed by atoms with van der Waals surface area (Å²) < 4.78 is 5.08. The van der Waals surface area contributed by atoms with Crippen LogP contribution in [-0.2, 0) is 4.74 Å². The van der Waals surface area contributed by atoms with Crippen LogP contribution in [0.25, 0.3) is 0 Å². The van der Waals surface area contributed by atoms with Crippen molar-refractivity contribution in [3.05, 3.63) is 28.3 Å². The van der Waals surface area contributed by atoms with Gasteiger partial charge in [-0.2, -0.15) is 0 Å². The molecule has 0 aliphatic rings. The summed E-state index contributed by atoms with van der Waals surface area (Å²) in [7, 11) is 0. The van der Waals surface area contributed by atoms with Crippen molar-refractivity contribution in [2.24, 2.45) is 0 Å². The Morgan fingerprint density at radius 1 is 1.40 bits per heavy atom. The smallest absolute Gasteiger partial charge is 0.412 e. The number of ether oxygens (including phenoxy) is 1. The number of nitro groups is 1. The molecule has 0 spiro atoms. The molecule has 0 radical (unpaired) electrons. The molecule has 1 amide bonds. The first kappa shape index (κ1) is 15.7. The van der Waals surface area contributed by atoms with E-state index >= 15 is 0 Å². The third-order valence-electron chi connectivity index (χ3n) is 2.21. The molecule has 0 aliphatic heterocycles. The Bertz CT molecular complexity index is 509. The van der Waals surface area contributed by atoms with E-state index in [1.165, 1.54) is 6.07 Å². The molecule has 7 heteroatoms. The molecular formula is C13H19N3O4. The number of hydrogen-bond acceptors (Lipinski definition) is 5. The van der Waals surface area contributed by atoms with Crippen LogP contribution in [0.1, 0.15) is 27.7 Å². The Hall–Kier alpha value is -2.31. The summed E-state index contributed by atoms with van der Waals surface area (Å²) in [4.78, 5) is 22.1. The van der Waals surface area contributed by atoms with Crippen LogP contribution in [-0.4, -0.2) is 23.2 Å². The Balaban J connectivity index is 2.90. The topological polar surface area (TPSA) is 93.5 Å². The minimum Gasteiger partial charge on any atom is -0.444 e. The van der Waals surface area contributed by atoms with E-state index in [9.17, 15) is 14.9 Å². The number of anilines is 2.